The summed E-state index contributed by atoms with van der Waals surface area (Å²) in [7, 11) is 1.53. The number of nitro benzene ring substituents is 1. The minimum Gasteiger partial charge on any atom is -0.497 e. The summed E-state index contributed by atoms with van der Waals surface area (Å²) >= 11 is 0. The number of hydrogen-bond acceptors (Lipinski definition) is 6. The molecule has 0 bridgehead atoms. The van der Waals surface area contributed by atoms with Gasteiger partial charge >= 0.3 is 0 Å². The van der Waals surface area contributed by atoms with Crippen molar-refractivity contribution in [3.8, 4) is 17.6 Å². The summed E-state index contributed by atoms with van der Waals surface area (Å²) in [5.41, 5.74) is 7.34. The number of benzene rings is 2. The number of nitrogens with two attached hydrogens (primary N) is 1. The fourth-order valence-corrected chi connectivity index (χ4v) is 2.72. The van der Waals surface area contributed by atoms with Crippen LogP contribution in [-0.4, -0.2) is 12.0 Å². The average molecular weight is 323 g/mol. The van der Waals surface area contributed by atoms with Crippen molar-refractivity contribution in [2.24, 2.45) is 5.73 Å². The zero-order chi connectivity index (χ0) is 17.3. The fraction of sp³-hybridized carbons (Fsp3) is 0.118. The predicted octanol–water partition coefficient (Wildman–Crippen LogP) is 2.82. The van der Waals surface area contributed by atoms with Gasteiger partial charge in [-0.15, -0.1) is 0 Å². The Morgan fingerprint density at radius 3 is 2.79 bits per heavy atom. The van der Waals surface area contributed by atoms with Gasteiger partial charge in [-0.25, -0.2) is 0 Å². The number of rotatable bonds is 3. The van der Waals surface area contributed by atoms with Crippen LogP contribution in [0.4, 0.5) is 5.69 Å². The van der Waals surface area contributed by atoms with Crippen LogP contribution in [0.1, 0.15) is 17.0 Å². The van der Waals surface area contributed by atoms with Crippen LogP contribution in [-0.2, 0) is 0 Å². The number of nitriles is 1. The van der Waals surface area contributed by atoms with Gasteiger partial charge in [0.1, 0.15) is 23.1 Å². The van der Waals surface area contributed by atoms with Gasteiger partial charge in [-0.3, -0.25) is 10.1 Å². The number of fused-ring (bicyclic) bond motifs is 1. The molecule has 1 atom stereocenters. The highest BCUT2D eigenvalue weighted by Crippen LogP contribution is 2.43. The fourth-order valence-electron chi connectivity index (χ4n) is 2.72. The third-order valence-electron chi connectivity index (χ3n) is 3.84. The molecule has 0 radical (unpaired) electrons. The number of nitrogens with zero attached hydrogens (tertiary/aromatic N) is 2. The summed E-state index contributed by atoms with van der Waals surface area (Å²) in [5.74, 6) is 0.487. The van der Waals surface area contributed by atoms with Crippen LogP contribution in [0.5, 0.6) is 11.5 Å². The molecule has 1 aliphatic heterocycles. The molecule has 2 aromatic carbocycles. The summed E-state index contributed by atoms with van der Waals surface area (Å²) in [6.07, 6.45) is 0. The first-order valence-electron chi connectivity index (χ1n) is 7.05. The van der Waals surface area contributed by atoms with E-state index in [2.05, 4.69) is 0 Å². The van der Waals surface area contributed by atoms with Crippen LogP contribution < -0.4 is 15.2 Å². The molecule has 1 aliphatic rings. The largest absolute Gasteiger partial charge is 0.497 e. The lowest BCUT2D eigenvalue weighted by atomic mass is 9.83. The molecule has 0 amide bonds. The molecule has 0 spiro atoms. The predicted molar refractivity (Wildman–Crippen MR) is 85.4 cm³/mol. The van der Waals surface area contributed by atoms with Crippen LogP contribution in [0.2, 0.25) is 0 Å². The minimum absolute atomic E-state index is 0.0187. The molecule has 0 saturated carbocycles. The molecule has 2 N–H and O–H groups in total. The van der Waals surface area contributed by atoms with Gasteiger partial charge in [0, 0.05) is 23.8 Å². The summed E-state index contributed by atoms with van der Waals surface area (Å²) in [4.78, 5) is 10.6. The molecule has 120 valence electrons. The van der Waals surface area contributed by atoms with Gasteiger partial charge in [0.05, 0.1) is 18.0 Å². The van der Waals surface area contributed by atoms with Crippen molar-refractivity contribution in [2.45, 2.75) is 5.92 Å². The Balaban J connectivity index is 2.20. The molecule has 2 aromatic rings. The summed E-state index contributed by atoms with van der Waals surface area (Å²) < 4.78 is 10.7. The monoisotopic (exact) mass is 323 g/mol. The highest BCUT2D eigenvalue weighted by molar-refractivity contribution is 5.58. The molecule has 7 heteroatoms. The standard InChI is InChI=1S/C17H13N3O4/c1-23-12-5-6-13-15(8-12)24-17(19)14(9-18)16(13)10-3-2-4-11(7-10)20(21)22/h2-8,16H,19H2,1H3. The van der Waals surface area contributed by atoms with Crippen LogP contribution in [0, 0.1) is 21.4 Å². The maximum absolute atomic E-state index is 11.0. The highest BCUT2D eigenvalue weighted by atomic mass is 16.6. The third kappa shape index (κ3) is 2.50. The van der Waals surface area contributed by atoms with E-state index in [0.29, 0.717) is 22.6 Å². The van der Waals surface area contributed by atoms with Gasteiger partial charge < -0.3 is 15.2 Å². The molecule has 24 heavy (non-hydrogen) atoms. The van der Waals surface area contributed by atoms with E-state index in [1.807, 2.05) is 6.07 Å². The van der Waals surface area contributed by atoms with Crippen molar-refractivity contribution in [2.75, 3.05) is 7.11 Å². The van der Waals surface area contributed by atoms with Crippen molar-refractivity contribution in [1.82, 2.24) is 0 Å². The van der Waals surface area contributed by atoms with Crippen LogP contribution in [0.3, 0.4) is 0 Å². The Labute approximate surface area is 137 Å². The van der Waals surface area contributed by atoms with E-state index >= 15 is 0 Å². The minimum atomic E-state index is -0.537. The zero-order valence-corrected chi connectivity index (χ0v) is 12.7. The van der Waals surface area contributed by atoms with E-state index in [1.165, 1.54) is 19.2 Å². The first-order chi connectivity index (χ1) is 11.5. The first-order valence-corrected chi connectivity index (χ1v) is 7.05. The molecular weight excluding hydrogens is 310 g/mol. The first kappa shape index (κ1) is 15.4. The quantitative estimate of drug-likeness (QED) is 0.686. The van der Waals surface area contributed by atoms with Gasteiger partial charge in [-0.05, 0) is 11.6 Å². The van der Waals surface area contributed by atoms with Crippen molar-refractivity contribution in [3.63, 3.8) is 0 Å². The maximum atomic E-state index is 11.0. The summed E-state index contributed by atoms with van der Waals surface area (Å²) in [6, 6.07) is 13.4. The lowest BCUT2D eigenvalue weighted by molar-refractivity contribution is -0.384. The molecular formula is C17H13N3O4. The van der Waals surface area contributed by atoms with Crippen LogP contribution >= 0.6 is 0 Å². The van der Waals surface area contributed by atoms with Gasteiger partial charge in [-0.2, -0.15) is 5.26 Å². The Hall–Kier alpha value is -3.53. The van der Waals surface area contributed by atoms with E-state index in [9.17, 15) is 15.4 Å². The average Bonchev–Trinajstić information content (AvgIpc) is 2.60. The Morgan fingerprint density at radius 2 is 2.12 bits per heavy atom. The summed E-state index contributed by atoms with van der Waals surface area (Å²) in [5, 5.41) is 20.5. The maximum Gasteiger partial charge on any atom is 0.269 e. The molecule has 3 rings (SSSR count). The van der Waals surface area contributed by atoms with Crippen molar-refractivity contribution < 1.29 is 14.4 Å². The molecule has 1 unspecified atom stereocenters. The topological polar surface area (TPSA) is 111 Å². The van der Waals surface area contributed by atoms with Gasteiger partial charge in [0.15, 0.2) is 0 Å². The Bertz CT molecular complexity index is 899. The molecule has 0 aliphatic carbocycles. The second-order valence-electron chi connectivity index (χ2n) is 5.18. The van der Waals surface area contributed by atoms with E-state index in [0.717, 1.165) is 0 Å². The van der Waals surface area contributed by atoms with Crippen LogP contribution in [0.15, 0.2) is 53.9 Å². The van der Waals surface area contributed by atoms with Crippen molar-refractivity contribution >= 4 is 5.69 Å². The smallest absolute Gasteiger partial charge is 0.269 e. The molecule has 0 saturated heterocycles. The van der Waals surface area contributed by atoms with E-state index in [-0.39, 0.29) is 17.1 Å². The number of nitro groups is 1. The second kappa shape index (κ2) is 5.93. The Kier molecular flexibility index (Phi) is 3.80. The van der Waals surface area contributed by atoms with Crippen LogP contribution in [0.25, 0.3) is 0 Å². The molecule has 0 aromatic heterocycles. The van der Waals surface area contributed by atoms with Crippen molar-refractivity contribution in [3.05, 3.63) is 75.2 Å². The van der Waals surface area contributed by atoms with Gasteiger partial charge in [0.2, 0.25) is 5.88 Å². The number of methoxy groups -OCH3 is 1. The SMILES string of the molecule is COc1ccc2c(c1)OC(N)=C(C#N)C2c1cccc([N+](=O)[O-])c1. The summed E-state index contributed by atoms with van der Waals surface area (Å²) in [6.45, 7) is 0. The zero-order valence-electron chi connectivity index (χ0n) is 12.7. The number of allylic oxidation sites excluding steroid dienone is 1. The van der Waals surface area contributed by atoms with Gasteiger partial charge in [-0.1, -0.05) is 18.2 Å². The normalized spacial score (nSPS) is 15.9. The van der Waals surface area contributed by atoms with E-state index in [4.69, 9.17) is 15.2 Å². The Morgan fingerprint density at radius 1 is 1.33 bits per heavy atom. The number of hydrogen-bond donors (Lipinski definition) is 1. The molecule has 7 nitrogen and oxygen atoms in total. The second-order valence-corrected chi connectivity index (χ2v) is 5.18. The van der Waals surface area contributed by atoms with Gasteiger partial charge in [0.25, 0.3) is 5.69 Å². The molecule has 1 heterocycles. The van der Waals surface area contributed by atoms with Crippen molar-refractivity contribution in [1.29, 1.82) is 5.26 Å². The van der Waals surface area contributed by atoms with E-state index < -0.39 is 10.8 Å². The highest BCUT2D eigenvalue weighted by Gasteiger charge is 2.31. The molecule has 0 fully saturated rings. The van der Waals surface area contributed by atoms with E-state index in [1.54, 1.807) is 30.3 Å². The number of non-ortho nitro benzene ring substituents is 1. The lowest BCUT2D eigenvalue weighted by Gasteiger charge is -2.26. The number of ether oxygens (including phenoxy) is 2. The third-order valence-corrected chi connectivity index (χ3v) is 3.84. The lowest BCUT2D eigenvalue weighted by Crippen LogP contribution is -2.21.